The van der Waals surface area contributed by atoms with Gasteiger partial charge in [-0.05, 0) is 60.2 Å². The third-order valence-electron chi connectivity index (χ3n) is 6.63. The number of hydrogen-bond acceptors (Lipinski definition) is 2. The average Bonchev–Trinajstić information content (AvgIpc) is 3.32. The van der Waals surface area contributed by atoms with Crippen LogP contribution in [-0.4, -0.2) is 15.5 Å². The summed E-state index contributed by atoms with van der Waals surface area (Å²) >= 11 is 12.2. The second kappa shape index (κ2) is 11.4. The number of aromatic nitrogens is 2. The summed E-state index contributed by atoms with van der Waals surface area (Å²) < 4.78 is 84.5. The molecule has 1 heterocycles. The first-order chi connectivity index (χ1) is 20.2. The molecule has 12 heteroatoms. The number of amides is 1. The molecule has 0 spiro atoms. The van der Waals surface area contributed by atoms with Gasteiger partial charge in [-0.25, -0.2) is 4.98 Å². The van der Waals surface area contributed by atoms with Crippen LogP contribution in [0.2, 0.25) is 10.0 Å². The van der Waals surface area contributed by atoms with Crippen LogP contribution in [0.4, 0.5) is 26.3 Å². The highest BCUT2D eigenvalue weighted by Crippen LogP contribution is 2.42. The molecular formula is C31H19Cl2F6N3O. The van der Waals surface area contributed by atoms with Gasteiger partial charge in [0.25, 0.3) is 0 Å². The van der Waals surface area contributed by atoms with Crippen LogP contribution in [0.1, 0.15) is 27.0 Å². The predicted octanol–water partition coefficient (Wildman–Crippen LogP) is 9.38. The van der Waals surface area contributed by atoms with Crippen LogP contribution < -0.4 is 5.73 Å². The fraction of sp³-hybridized carbons (Fsp3) is 0.0968. The van der Waals surface area contributed by atoms with Crippen LogP contribution >= 0.6 is 23.2 Å². The van der Waals surface area contributed by atoms with Gasteiger partial charge in [0.2, 0.25) is 5.91 Å². The molecule has 5 rings (SSSR count). The molecule has 1 aromatic heterocycles. The molecule has 0 radical (unpaired) electrons. The van der Waals surface area contributed by atoms with Crippen LogP contribution in [0.15, 0.2) is 91.0 Å². The lowest BCUT2D eigenvalue weighted by Crippen LogP contribution is -2.12. The van der Waals surface area contributed by atoms with Gasteiger partial charge in [0.05, 0.1) is 22.5 Å². The predicted molar refractivity (Wildman–Crippen MR) is 153 cm³/mol. The first-order valence-electron chi connectivity index (χ1n) is 12.5. The van der Waals surface area contributed by atoms with Crippen molar-refractivity contribution in [2.24, 2.45) is 5.73 Å². The highest BCUT2D eigenvalue weighted by Gasteiger charge is 2.37. The molecule has 2 N–H and O–H groups in total. The molecule has 4 aromatic carbocycles. The average molecular weight is 634 g/mol. The minimum Gasteiger partial charge on any atom is -0.366 e. The number of alkyl halides is 6. The Morgan fingerprint density at radius 2 is 1.19 bits per heavy atom. The summed E-state index contributed by atoms with van der Waals surface area (Å²) in [4.78, 5) is 16.2. The Bertz CT molecular complexity index is 1760. The maximum absolute atomic E-state index is 13.8. The van der Waals surface area contributed by atoms with E-state index in [9.17, 15) is 31.1 Å². The van der Waals surface area contributed by atoms with Crippen molar-refractivity contribution in [1.82, 2.24) is 9.55 Å². The van der Waals surface area contributed by atoms with E-state index in [0.29, 0.717) is 44.6 Å². The Morgan fingerprint density at radius 3 is 1.65 bits per heavy atom. The lowest BCUT2D eigenvalue weighted by Gasteiger charge is -2.17. The Balaban J connectivity index is 1.84. The SMILES string of the molecule is NC(=O)c1ccc(Cn2c(-c3cc(C(F)(F)F)cc(C(F)(F)F)c3)nc(-c3ccc(Cl)cc3)c2-c2ccc(Cl)cc2)cc1. The summed E-state index contributed by atoms with van der Waals surface area (Å²) in [6.07, 6.45) is -10.1. The second-order valence-electron chi connectivity index (χ2n) is 9.59. The van der Waals surface area contributed by atoms with Crippen molar-refractivity contribution < 1.29 is 31.1 Å². The summed E-state index contributed by atoms with van der Waals surface area (Å²) in [5, 5.41) is 0.830. The zero-order valence-corrected chi connectivity index (χ0v) is 23.3. The third kappa shape index (κ3) is 6.55. The summed E-state index contributed by atoms with van der Waals surface area (Å²) in [5.41, 5.74) is 4.55. The molecule has 220 valence electrons. The van der Waals surface area contributed by atoms with E-state index in [1.54, 1.807) is 60.7 Å². The van der Waals surface area contributed by atoms with Crippen molar-refractivity contribution in [2.75, 3.05) is 0 Å². The van der Waals surface area contributed by atoms with E-state index in [-0.39, 0.29) is 29.7 Å². The standard InChI is InChI=1S/C31H19Cl2F6N3O/c32-24-9-5-18(6-10-24)26-27(19-7-11-25(33)12-8-19)42(16-17-1-3-20(4-2-17)28(40)43)29(41-26)21-13-22(30(34,35)36)15-23(14-21)31(37,38)39/h1-15H,16H2,(H2,40,43). The minimum atomic E-state index is -5.06. The molecule has 0 atom stereocenters. The molecule has 4 nitrogen and oxygen atoms in total. The topological polar surface area (TPSA) is 60.9 Å². The van der Waals surface area contributed by atoms with Crippen molar-refractivity contribution in [3.8, 4) is 33.9 Å². The van der Waals surface area contributed by atoms with Gasteiger partial charge in [-0.15, -0.1) is 0 Å². The number of rotatable bonds is 6. The number of benzene rings is 4. The van der Waals surface area contributed by atoms with E-state index in [1.165, 1.54) is 16.7 Å². The quantitative estimate of drug-likeness (QED) is 0.189. The molecule has 5 aromatic rings. The highest BCUT2D eigenvalue weighted by molar-refractivity contribution is 6.31. The number of carbonyl (C=O) groups excluding carboxylic acids is 1. The van der Waals surface area contributed by atoms with Crippen LogP contribution in [-0.2, 0) is 18.9 Å². The van der Waals surface area contributed by atoms with E-state index in [4.69, 9.17) is 28.9 Å². The first kappa shape index (κ1) is 30.2. The van der Waals surface area contributed by atoms with Gasteiger partial charge in [0, 0.05) is 38.8 Å². The number of carbonyl (C=O) groups is 1. The summed E-state index contributed by atoms with van der Waals surface area (Å²) in [6.45, 7) is -0.0372. The third-order valence-corrected chi connectivity index (χ3v) is 7.13. The van der Waals surface area contributed by atoms with Gasteiger partial charge in [-0.2, -0.15) is 26.3 Å². The van der Waals surface area contributed by atoms with Gasteiger partial charge in [-0.1, -0.05) is 59.6 Å². The molecule has 0 aliphatic rings. The fourth-order valence-corrected chi connectivity index (χ4v) is 4.83. The number of imidazole rings is 1. The molecule has 1 amide bonds. The first-order valence-corrected chi connectivity index (χ1v) is 13.3. The molecule has 0 aliphatic carbocycles. The summed E-state index contributed by atoms with van der Waals surface area (Å²) in [7, 11) is 0. The molecule has 0 saturated heterocycles. The number of halogens is 8. The minimum absolute atomic E-state index is 0.0372. The number of hydrogen-bond donors (Lipinski definition) is 1. The fourth-order valence-electron chi connectivity index (χ4n) is 4.58. The number of primary amides is 1. The van der Waals surface area contributed by atoms with E-state index in [1.807, 2.05) is 0 Å². The van der Waals surface area contributed by atoms with E-state index in [2.05, 4.69) is 4.98 Å². The van der Waals surface area contributed by atoms with Gasteiger partial charge in [0.1, 0.15) is 5.82 Å². The maximum atomic E-state index is 13.8. The van der Waals surface area contributed by atoms with Crippen LogP contribution in [0.5, 0.6) is 0 Å². The zero-order chi connectivity index (χ0) is 31.1. The van der Waals surface area contributed by atoms with Crippen molar-refractivity contribution in [3.05, 3.63) is 123 Å². The lowest BCUT2D eigenvalue weighted by molar-refractivity contribution is -0.143. The molecule has 0 fully saturated rings. The molecule has 0 bridgehead atoms. The van der Waals surface area contributed by atoms with Crippen molar-refractivity contribution in [2.45, 2.75) is 18.9 Å². The molecule has 0 unspecified atom stereocenters. The number of nitrogens with two attached hydrogens (primary N) is 1. The highest BCUT2D eigenvalue weighted by atomic mass is 35.5. The van der Waals surface area contributed by atoms with Gasteiger partial charge >= 0.3 is 12.4 Å². The summed E-state index contributed by atoms with van der Waals surface area (Å²) in [6, 6.07) is 20.5. The smallest absolute Gasteiger partial charge is 0.366 e. The van der Waals surface area contributed by atoms with Gasteiger partial charge < -0.3 is 10.3 Å². The second-order valence-corrected chi connectivity index (χ2v) is 10.5. The van der Waals surface area contributed by atoms with Crippen LogP contribution in [0.3, 0.4) is 0 Å². The Kier molecular flexibility index (Phi) is 8.02. The van der Waals surface area contributed by atoms with Crippen molar-refractivity contribution >= 4 is 29.1 Å². The zero-order valence-electron chi connectivity index (χ0n) is 21.8. The Morgan fingerprint density at radius 1 is 0.698 bits per heavy atom. The van der Waals surface area contributed by atoms with E-state index in [0.717, 1.165) is 0 Å². The summed E-state index contributed by atoms with van der Waals surface area (Å²) in [5.74, 6) is -0.809. The maximum Gasteiger partial charge on any atom is 0.416 e. The van der Waals surface area contributed by atoms with Crippen molar-refractivity contribution in [1.29, 1.82) is 0 Å². The molecule has 0 aliphatic heterocycles. The van der Waals surface area contributed by atoms with Gasteiger partial charge in [-0.3, -0.25) is 4.79 Å². The van der Waals surface area contributed by atoms with Gasteiger partial charge in [0.15, 0.2) is 0 Å². The van der Waals surface area contributed by atoms with Crippen LogP contribution in [0, 0.1) is 0 Å². The van der Waals surface area contributed by atoms with E-state index >= 15 is 0 Å². The van der Waals surface area contributed by atoms with Crippen molar-refractivity contribution in [3.63, 3.8) is 0 Å². The van der Waals surface area contributed by atoms with E-state index < -0.39 is 35.0 Å². The van der Waals surface area contributed by atoms with Crippen LogP contribution in [0.25, 0.3) is 33.9 Å². The molecule has 0 saturated carbocycles. The largest absolute Gasteiger partial charge is 0.416 e. The lowest BCUT2D eigenvalue weighted by atomic mass is 10.0. The normalized spacial score (nSPS) is 12.0. The number of nitrogens with zero attached hydrogens (tertiary/aromatic N) is 2. The molecular weight excluding hydrogens is 615 g/mol. The Hall–Kier alpha value is -4.28. The molecule has 43 heavy (non-hydrogen) atoms. The monoisotopic (exact) mass is 633 g/mol. The Labute approximate surface area is 251 Å².